The SMILES string of the molecule is Cc1oc(C#N)cc1C(=O)N1CCC(O)(c2ccccc2Cl)CC1. The molecule has 0 bridgehead atoms. The molecular weight excluding hydrogens is 328 g/mol. The van der Waals surface area contributed by atoms with E-state index in [0.717, 1.165) is 0 Å². The number of piperidine rings is 1. The molecule has 1 N–H and O–H groups in total. The van der Waals surface area contributed by atoms with E-state index < -0.39 is 5.60 Å². The summed E-state index contributed by atoms with van der Waals surface area (Å²) in [6.07, 6.45) is 0.814. The van der Waals surface area contributed by atoms with Gasteiger partial charge in [0.2, 0.25) is 5.76 Å². The molecule has 2 aromatic rings. The first kappa shape index (κ1) is 16.6. The Hall–Kier alpha value is -2.29. The van der Waals surface area contributed by atoms with Gasteiger partial charge in [0.1, 0.15) is 11.8 Å². The van der Waals surface area contributed by atoms with Crippen molar-refractivity contribution in [3.63, 3.8) is 0 Å². The molecule has 6 heteroatoms. The maximum absolute atomic E-state index is 12.6. The monoisotopic (exact) mass is 344 g/mol. The van der Waals surface area contributed by atoms with Gasteiger partial charge in [0.15, 0.2) is 0 Å². The highest BCUT2D eigenvalue weighted by atomic mass is 35.5. The maximum atomic E-state index is 12.6. The molecule has 24 heavy (non-hydrogen) atoms. The van der Waals surface area contributed by atoms with E-state index in [0.29, 0.717) is 47.8 Å². The van der Waals surface area contributed by atoms with Crippen LogP contribution in [0.4, 0.5) is 0 Å². The first-order valence-corrected chi connectivity index (χ1v) is 8.09. The quantitative estimate of drug-likeness (QED) is 0.907. The third-order valence-electron chi connectivity index (χ3n) is 4.51. The zero-order valence-corrected chi connectivity index (χ0v) is 14.0. The molecule has 0 atom stereocenters. The number of nitrogens with zero attached hydrogens (tertiary/aromatic N) is 2. The van der Waals surface area contributed by atoms with Crippen LogP contribution in [-0.4, -0.2) is 29.0 Å². The minimum absolute atomic E-state index is 0.125. The van der Waals surface area contributed by atoms with Crippen LogP contribution in [0.2, 0.25) is 5.02 Å². The normalized spacial score (nSPS) is 16.7. The summed E-state index contributed by atoms with van der Waals surface area (Å²) >= 11 is 6.20. The highest BCUT2D eigenvalue weighted by Gasteiger charge is 2.37. The van der Waals surface area contributed by atoms with Crippen molar-refractivity contribution in [3.05, 3.63) is 58.0 Å². The van der Waals surface area contributed by atoms with Crippen LogP contribution < -0.4 is 0 Å². The number of aliphatic hydroxyl groups is 1. The summed E-state index contributed by atoms with van der Waals surface area (Å²) in [5.74, 6) is 0.378. The van der Waals surface area contributed by atoms with E-state index in [4.69, 9.17) is 21.3 Å². The van der Waals surface area contributed by atoms with Crippen molar-refractivity contribution in [3.8, 4) is 6.07 Å². The lowest BCUT2D eigenvalue weighted by Crippen LogP contribution is -2.45. The van der Waals surface area contributed by atoms with Crippen LogP contribution in [0, 0.1) is 18.3 Å². The molecule has 0 aliphatic carbocycles. The Labute approximate surface area is 145 Å². The number of nitriles is 1. The Morgan fingerprint density at radius 2 is 2.04 bits per heavy atom. The number of carbonyl (C=O) groups excluding carboxylic acids is 1. The van der Waals surface area contributed by atoms with Crippen molar-refractivity contribution >= 4 is 17.5 Å². The number of hydrogen-bond donors (Lipinski definition) is 1. The van der Waals surface area contributed by atoms with Gasteiger partial charge in [0.25, 0.3) is 5.91 Å². The minimum atomic E-state index is -1.03. The molecule has 1 aliphatic heterocycles. The van der Waals surface area contributed by atoms with Crippen LogP contribution in [0.25, 0.3) is 0 Å². The van der Waals surface area contributed by atoms with Gasteiger partial charge in [-0.2, -0.15) is 5.26 Å². The molecule has 1 aromatic heterocycles. The summed E-state index contributed by atoms with van der Waals surface area (Å²) in [6, 6.07) is 10.6. The van der Waals surface area contributed by atoms with E-state index >= 15 is 0 Å². The Balaban J connectivity index is 1.75. The average molecular weight is 345 g/mol. The van der Waals surface area contributed by atoms with Gasteiger partial charge in [-0.1, -0.05) is 29.8 Å². The molecule has 3 rings (SSSR count). The number of benzene rings is 1. The summed E-state index contributed by atoms with van der Waals surface area (Å²) in [7, 11) is 0. The smallest absolute Gasteiger partial charge is 0.257 e. The average Bonchev–Trinajstić information content (AvgIpc) is 2.96. The fourth-order valence-corrected chi connectivity index (χ4v) is 3.42. The van der Waals surface area contributed by atoms with Crippen molar-refractivity contribution < 1.29 is 14.3 Å². The van der Waals surface area contributed by atoms with E-state index in [1.165, 1.54) is 6.07 Å². The third-order valence-corrected chi connectivity index (χ3v) is 4.84. The van der Waals surface area contributed by atoms with Gasteiger partial charge in [-0.25, -0.2) is 0 Å². The lowest BCUT2D eigenvalue weighted by Gasteiger charge is -2.38. The van der Waals surface area contributed by atoms with Crippen LogP contribution in [-0.2, 0) is 5.60 Å². The van der Waals surface area contributed by atoms with E-state index in [2.05, 4.69) is 0 Å². The number of halogens is 1. The minimum Gasteiger partial charge on any atom is -0.450 e. The summed E-state index contributed by atoms with van der Waals surface area (Å²) in [6.45, 7) is 2.48. The van der Waals surface area contributed by atoms with E-state index in [1.54, 1.807) is 17.9 Å². The summed E-state index contributed by atoms with van der Waals surface area (Å²) in [5.41, 5.74) is 0.0676. The Morgan fingerprint density at radius 1 is 1.38 bits per heavy atom. The topological polar surface area (TPSA) is 77.5 Å². The lowest BCUT2D eigenvalue weighted by molar-refractivity contribution is -0.0210. The number of rotatable bonds is 2. The van der Waals surface area contributed by atoms with Gasteiger partial charge in [-0.3, -0.25) is 4.79 Å². The van der Waals surface area contributed by atoms with Gasteiger partial charge >= 0.3 is 0 Å². The van der Waals surface area contributed by atoms with Crippen LogP contribution in [0.1, 0.15) is 40.3 Å². The zero-order chi connectivity index (χ0) is 17.3. The second-order valence-electron chi connectivity index (χ2n) is 6.00. The zero-order valence-electron chi connectivity index (χ0n) is 13.3. The van der Waals surface area contributed by atoms with Crippen LogP contribution in [0.15, 0.2) is 34.7 Å². The van der Waals surface area contributed by atoms with Crippen molar-refractivity contribution in [1.82, 2.24) is 4.90 Å². The van der Waals surface area contributed by atoms with Gasteiger partial charge < -0.3 is 14.4 Å². The first-order valence-electron chi connectivity index (χ1n) is 7.72. The maximum Gasteiger partial charge on any atom is 0.257 e. The molecule has 0 saturated carbocycles. The molecule has 0 radical (unpaired) electrons. The predicted octanol–water partition coefficient (Wildman–Crippen LogP) is 3.24. The van der Waals surface area contributed by atoms with Crippen LogP contribution in [0.3, 0.4) is 0 Å². The van der Waals surface area contributed by atoms with E-state index in [-0.39, 0.29) is 11.7 Å². The van der Waals surface area contributed by atoms with E-state index in [9.17, 15) is 9.90 Å². The fourth-order valence-electron chi connectivity index (χ4n) is 3.11. The van der Waals surface area contributed by atoms with Crippen molar-refractivity contribution in [1.29, 1.82) is 5.26 Å². The number of likely N-dealkylation sites (tertiary alicyclic amines) is 1. The highest BCUT2D eigenvalue weighted by molar-refractivity contribution is 6.31. The summed E-state index contributed by atoms with van der Waals surface area (Å²) < 4.78 is 5.23. The molecule has 5 nitrogen and oxygen atoms in total. The predicted molar refractivity (Wildman–Crippen MR) is 88.6 cm³/mol. The molecule has 1 aliphatic rings. The third kappa shape index (κ3) is 2.91. The van der Waals surface area contributed by atoms with Crippen LogP contribution in [0.5, 0.6) is 0 Å². The molecule has 2 heterocycles. The molecule has 0 spiro atoms. The molecule has 1 fully saturated rings. The van der Waals surface area contributed by atoms with Gasteiger partial charge in [-0.15, -0.1) is 0 Å². The molecule has 1 aromatic carbocycles. The number of furan rings is 1. The Kier molecular flexibility index (Phi) is 4.35. The van der Waals surface area contributed by atoms with Gasteiger partial charge in [0.05, 0.1) is 11.2 Å². The Morgan fingerprint density at radius 3 is 2.62 bits per heavy atom. The van der Waals surface area contributed by atoms with Gasteiger partial charge in [-0.05, 0) is 25.8 Å². The highest BCUT2D eigenvalue weighted by Crippen LogP contribution is 2.37. The standard InChI is InChI=1S/C18H17ClN2O3/c1-12-14(10-13(11-20)24-12)17(22)21-8-6-18(23,7-9-21)15-4-2-3-5-16(15)19/h2-5,10,23H,6-9H2,1H3. The molecular formula is C18H17ClN2O3. The number of aryl methyl sites for hydroxylation is 1. The number of carbonyl (C=O) groups is 1. The van der Waals surface area contributed by atoms with Crippen LogP contribution >= 0.6 is 11.6 Å². The first-order chi connectivity index (χ1) is 11.4. The van der Waals surface area contributed by atoms with Crippen molar-refractivity contribution in [2.24, 2.45) is 0 Å². The number of amides is 1. The Bertz CT molecular complexity index is 814. The van der Waals surface area contributed by atoms with E-state index in [1.807, 2.05) is 24.3 Å². The molecule has 1 saturated heterocycles. The second-order valence-corrected chi connectivity index (χ2v) is 6.40. The lowest BCUT2D eigenvalue weighted by atomic mass is 9.84. The number of hydrogen-bond acceptors (Lipinski definition) is 4. The summed E-state index contributed by atoms with van der Waals surface area (Å²) in [5, 5.41) is 20.3. The second kappa shape index (κ2) is 6.31. The summed E-state index contributed by atoms with van der Waals surface area (Å²) in [4.78, 5) is 14.3. The fraction of sp³-hybridized carbons (Fsp3) is 0.333. The van der Waals surface area contributed by atoms with Crippen molar-refractivity contribution in [2.45, 2.75) is 25.4 Å². The molecule has 0 unspecified atom stereocenters. The molecule has 124 valence electrons. The van der Waals surface area contributed by atoms with Gasteiger partial charge in [0, 0.05) is 29.7 Å². The largest absolute Gasteiger partial charge is 0.450 e. The molecule has 1 amide bonds. The van der Waals surface area contributed by atoms with Crippen molar-refractivity contribution in [2.75, 3.05) is 13.1 Å².